The van der Waals surface area contributed by atoms with Gasteiger partial charge in [-0.3, -0.25) is 0 Å². The Morgan fingerprint density at radius 1 is 1.54 bits per heavy atom. The van der Waals surface area contributed by atoms with Crippen molar-refractivity contribution in [3.8, 4) is 0 Å². The third kappa shape index (κ3) is 2.79. The summed E-state index contributed by atoms with van der Waals surface area (Å²) in [7, 11) is 1.91. The second-order valence-electron chi connectivity index (χ2n) is 3.17. The number of nitrogens with one attached hydrogen (secondary N) is 1. The number of benzene rings is 1. The molecule has 0 saturated carbocycles. The average molecular weight is 243 g/mol. The van der Waals surface area contributed by atoms with Crippen molar-refractivity contribution in [2.45, 2.75) is 13.0 Å². The Balaban J connectivity index is 2.91. The van der Waals surface area contributed by atoms with Crippen LogP contribution in [-0.2, 0) is 0 Å². The van der Waals surface area contributed by atoms with Crippen molar-refractivity contribution in [2.75, 3.05) is 13.6 Å². The first kappa shape index (κ1) is 10.7. The van der Waals surface area contributed by atoms with Gasteiger partial charge in [-0.15, -0.1) is 0 Å². The Bertz CT molecular complexity index is 286. The van der Waals surface area contributed by atoms with E-state index < -0.39 is 0 Å². The standard InChI is InChI=1S/C10H15BrN2/c1-7-3-4-8(11)5-9(7)10(12)6-13-2/h3-5,10,13H,6,12H2,1-2H3. The highest BCUT2D eigenvalue weighted by Gasteiger charge is 2.07. The monoisotopic (exact) mass is 242 g/mol. The van der Waals surface area contributed by atoms with Gasteiger partial charge in [0.15, 0.2) is 0 Å². The van der Waals surface area contributed by atoms with Crippen LogP contribution in [-0.4, -0.2) is 13.6 Å². The molecule has 0 heterocycles. The van der Waals surface area contributed by atoms with Gasteiger partial charge in [0.2, 0.25) is 0 Å². The molecule has 0 spiro atoms. The van der Waals surface area contributed by atoms with Crippen molar-refractivity contribution in [2.24, 2.45) is 5.73 Å². The first-order chi connectivity index (χ1) is 6.15. The number of halogens is 1. The van der Waals surface area contributed by atoms with E-state index in [1.807, 2.05) is 13.1 Å². The number of likely N-dealkylation sites (N-methyl/N-ethyl adjacent to an activating group) is 1. The van der Waals surface area contributed by atoms with E-state index in [4.69, 9.17) is 5.73 Å². The molecule has 0 aliphatic rings. The molecule has 1 atom stereocenters. The maximum Gasteiger partial charge on any atom is 0.0424 e. The molecule has 72 valence electrons. The molecule has 0 radical (unpaired) electrons. The van der Waals surface area contributed by atoms with E-state index in [9.17, 15) is 0 Å². The summed E-state index contributed by atoms with van der Waals surface area (Å²) in [6.07, 6.45) is 0. The van der Waals surface area contributed by atoms with Gasteiger partial charge in [0, 0.05) is 17.1 Å². The summed E-state index contributed by atoms with van der Waals surface area (Å²) in [4.78, 5) is 0. The summed E-state index contributed by atoms with van der Waals surface area (Å²) in [5.41, 5.74) is 8.43. The fourth-order valence-corrected chi connectivity index (χ4v) is 1.72. The lowest BCUT2D eigenvalue weighted by Crippen LogP contribution is -2.24. The number of hydrogen-bond donors (Lipinski definition) is 2. The van der Waals surface area contributed by atoms with Gasteiger partial charge < -0.3 is 11.1 Å². The van der Waals surface area contributed by atoms with Crippen molar-refractivity contribution in [1.29, 1.82) is 0 Å². The Morgan fingerprint density at radius 3 is 2.85 bits per heavy atom. The van der Waals surface area contributed by atoms with Gasteiger partial charge in [0.25, 0.3) is 0 Å². The van der Waals surface area contributed by atoms with Crippen LogP contribution in [0.2, 0.25) is 0 Å². The zero-order valence-corrected chi connectivity index (χ0v) is 9.56. The Kier molecular flexibility index (Phi) is 3.90. The van der Waals surface area contributed by atoms with Gasteiger partial charge in [-0.05, 0) is 37.2 Å². The zero-order chi connectivity index (χ0) is 9.84. The molecule has 0 aliphatic carbocycles. The van der Waals surface area contributed by atoms with Crippen molar-refractivity contribution in [3.63, 3.8) is 0 Å². The lowest BCUT2D eigenvalue weighted by atomic mass is 10.0. The summed E-state index contributed by atoms with van der Waals surface area (Å²) in [5.74, 6) is 0. The third-order valence-electron chi connectivity index (χ3n) is 2.06. The normalized spacial score (nSPS) is 12.9. The maximum absolute atomic E-state index is 5.99. The number of rotatable bonds is 3. The molecule has 13 heavy (non-hydrogen) atoms. The molecule has 0 aromatic heterocycles. The number of hydrogen-bond acceptors (Lipinski definition) is 2. The second kappa shape index (κ2) is 4.74. The van der Waals surface area contributed by atoms with E-state index >= 15 is 0 Å². The van der Waals surface area contributed by atoms with Gasteiger partial charge in [-0.2, -0.15) is 0 Å². The van der Waals surface area contributed by atoms with Gasteiger partial charge in [0.1, 0.15) is 0 Å². The van der Waals surface area contributed by atoms with Crippen molar-refractivity contribution < 1.29 is 0 Å². The number of aryl methyl sites for hydroxylation is 1. The van der Waals surface area contributed by atoms with Crippen molar-refractivity contribution >= 4 is 15.9 Å². The van der Waals surface area contributed by atoms with Crippen LogP contribution in [0.4, 0.5) is 0 Å². The van der Waals surface area contributed by atoms with Gasteiger partial charge in [-0.1, -0.05) is 22.0 Å². The molecule has 3 N–H and O–H groups in total. The van der Waals surface area contributed by atoms with E-state index in [-0.39, 0.29) is 6.04 Å². The first-order valence-corrected chi connectivity index (χ1v) is 5.10. The molecular weight excluding hydrogens is 228 g/mol. The predicted octanol–water partition coefficient (Wildman–Crippen LogP) is 1.98. The topological polar surface area (TPSA) is 38.0 Å². The van der Waals surface area contributed by atoms with Crippen LogP contribution in [0.15, 0.2) is 22.7 Å². The molecule has 0 amide bonds. The predicted molar refractivity (Wildman–Crippen MR) is 59.7 cm³/mol. The highest BCUT2D eigenvalue weighted by molar-refractivity contribution is 9.10. The summed E-state index contributed by atoms with van der Waals surface area (Å²) in [6.45, 7) is 2.88. The molecular formula is C10H15BrN2. The summed E-state index contributed by atoms with van der Waals surface area (Å²) >= 11 is 3.44. The molecule has 0 bridgehead atoms. The van der Waals surface area contributed by atoms with Crippen molar-refractivity contribution in [3.05, 3.63) is 33.8 Å². The van der Waals surface area contributed by atoms with Crippen LogP contribution >= 0.6 is 15.9 Å². The summed E-state index contributed by atoms with van der Waals surface area (Å²) in [6, 6.07) is 6.26. The minimum atomic E-state index is 0.0718. The molecule has 1 aromatic rings. The lowest BCUT2D eigenvalue weighted by Gasteiger charge is -2.14. The fourth-order valence-electron chi connectivity index (χ4n) is 1.34. The Morgan fingerprint density at radius 2 is 2.23 bits per heavy atom. The molecule has 0 aliphatic heterocycles. The summed E-state index contributed by atoms with van der Waals surface area (Å²) < 4.78 is 1.08. The van der Waals surface area contributed by atoms with Crippen LogP contribution in [0.25, 0.3) is 0 Å². The minimum absolute atomic E-state index is 0.0718. The van der Waals surface area contributed by atoms with Crippen LogP contribution in [0.3, 0.4) is 0 Å². The highest BCUT2D eigenvalue weighted by Crippen LogP contribution is 2.20. The summed E-state index contributed by atoms with van der Waals surface area (Å²) in [5, 5.41) is 3.07. The van der Waals surface area contributed by atoms with Gasteiger partial charge >= 0.3 is 0 Å². The van der Waals surface area contributed by atoms with Gasteiger partial charge in [-0.25, -0.2) is 0 Å². The number of nitrogens with two attached hydrogens (primary N) is 1. The third-order valence-corrected chi connectivity index (χ3v) is 2.56. The smallest absolute Gasteiger partial charge is 0.0424 e. The van der Waals surface area contributed by atoms with E-state index in [2.05, 4.69) is 40.3 Å². The van der Waals surface area contributed by atoms with Crippen LogP contribution in [0, 0.1) is 6.92 Å². The van der Waals surface area contributed by atoms with Crippen LogP contribution < -0.4 is 11.1 Å². The van der Waals surface area contributed by atoms with Crippen LogP contribution in [0.5, 0.6) is 0 Å². The molecule has 3 heteroatoms. The van der Waals surface area contributed by atoms with Crippen molar-refractivity contribution in [1.82, 2.24) is 5.32 Å². The SMILES string of the molecule is CNCC(N)c1cc(Br)ccc1C. The molecule has 0 saturated heterocycles. The lowest BCUT2D eigenvalue weighted by molar-refractivity contribution is 0.649. The quantitative estimate of drug-likeness (QED) is 0.851. The first-order valence-electron chi connectivity index (χ1n) is 4.31. The van der Waals surface area contributed by atoms with Gasteiger partial charge in [0.05, 0.1) is 0 Å². The molecule has 2 nitrogen and oxygen atoms in total. The molecule has 1 unspecified atom stereocenters. The molecule has 0 fully saturated rings. The van der Waals surface area contributed by atoms with E-state index in [1.165, 1.54) is 11.1 Å². The second-order valence-corrected chi connectivity index (χ2v) is 4.08. The highest BCUT2D eigenvalue weighted by atomic mass is 79.9. The Labute approximate surface area is 87.6 Å². The maximum atomic E-state index is 5.99. The van der Waals surface area contributed by atoms with E-state index in [1.54, 1.807) is 0 Å². The largest absolute Gasteiger partial charge is 0.323 e. The van der Waals surface area contributed by atoms with Crippen LogP contribution in [0.1, 0.15) is 17.2 Å². The van der Waals surface area contributed by atoms with E-state index in [0.717, 1.165) is 11.0 Å². The zero-order valence-electron chi connectivity index (χ0n) is 7.97. The molecule has 1 aromatic carbocycles. The fraction of sp³-hybridized carbons (Fsp3) is 0.400. The minimum Gasteiger partial charge on any atom is -0.323 e. The Hall–Kier alpha value is -0.380. The van der Waals surface area contributed by atoms with E-state index in [0.29, 0.717) is 0 Å². The average Bonchev–Trinajstić information content (AvgIpc) is 2.09. The molecule has 1 rings (SSSR count).